The van der Waals surface area contributed by atoms with Gasteiger partial charge in [-0.05, 0) is 45.9 Å². The Balaban J connectivity index is 2.12. The quantitative estimate of drug-likeness (QED) is 0.508. The fraction of sp³-hybridized carbons (Fsp3) is 0.312. The molecule has 0 aliphatic rings. The lowest BCUT2D eigenvalue weighted by atomic mass is 10.1. The normalized spacial score (nSPS) is 11.7. The van der Waals surface area contributed by atoms with E-state index in [1.54, 1.807) is 20.8 Å². The SMILES string of the molecule is Cc1csc(NN=Cc2cc(C(=O)OC(C)(C)C)ccc2O)n1. The van der Waals surface area contributed by atoms with Crippen LogP contribution in [0.5, 0.6) is 5.75 Å². The van der Waals surface area contributed by atoms with Gasteiger partial charge in [0.2, 0.25) is 5.13 Å². The van der Waals surface area contributed by atoms with Crippen LogP contribution in [0.2, 0.25) is 0 Å². The molecule has 0 saturated heterocycles. The molecule has 0 fully saturated rings. The number of aryl methyl sites for hydroxylation is 1. The third-order valence-electron chi connectivity index (χ3n) is 2.64. The van der Waals surface area contributed by atoms with Gasteiger partial charge < -0.3 is 9.84 Å². The summed E-state index contributed by atoms with van der Waals surface area (Å²) >= 11 is 1.43. The molecule has 2 rings (SSSR count). The van der Waals surface area contributed by atoms with Crippen molar-refractivity contribution in [1.82, 2.24) is 4.98 Å². The van der Waals surface area contributed by atoms with Crippen LogP contribution in [0.15, 0.2) is 28.7 Å². The minimum atomic E-state index is -0.576. The van der Waals surface area contributed by atoms with E-state index >= 15 is 0 Å². The molecular weight excluding hydrogens is 314 g/mol. The van der Waals surface area contributed by atoms with Crippen LogP contribution < -0.4 is 5.43 Å². The van der Waals surface area contributed by atoms with Crippen LogP contribution in [-0.2, 0) is 4.74 Å². The lowest BCUT2D eigenvalue weighted by Crippen LogP contribution is -2.23. The first-order valence-corrected chi connectivity index (χ1v) is 7.90. The van der Waals surface area contributed by atoms with Crippen LogP contribution in [-0.4, -0.2) is 27.9 Å². The Labute approximate surface area is 138 Å². The van der Waals surface area contributed by atoms with E-state index in [1.165, 1.54) is 35.8 Å². The molecule has 0 radical (unpaired) electrons. The molecule has 1 aromatic carbocycles. The van der Waals surface area contributed by atoms with E-state index < -0.39 is 11.6 Å². The third-order valence-corrected chi connectivity index (χ3v) is 3.51. The van der Waals surface area contributed by atoms with E-state index in [2.05, 4.69) is 15.5 Å². The zero-order chi connectivity index (χ0) is 17.0. The number of thiazole rings is 1. The summed E-state index contributed by atoms with van der Waals surface area (Å²) in [6, 6.07) is 4.48. The van der Waals surface area contributed by atoms with Gasteiger partial charge in [-0.1, -0.05) is 0 Å². The number of nitrogens with zero attached hydrogens (tertiary/aromatic N) is 2. The van der Waals surface area contributed by atoms with Gasteiger partial charge in [0.25, 0.3) is 0 Å². The van der Waals surface area contributed by atoms with Crippen molar-refractivity contribution in [1.29, 1.82) is 0 Å². The summed E-state index contributed by atoms with van der Waals surface area (Å²) in [5, 5.41) is 16.4. The topological polar surface area (TPSA) is 83.8 Å². The van der Waals surface area contributed by atoms with Crippen molar-refractivity contribution in [2.24, 2.45) is 5.10 Å². The Morgan fingerprint density at radius 1 is 1.43 bits per heavy atom. The van der Waals surface area contributed by atoms with Crippen LogP contribution in [0.25, 0.3) is 0 Å². The molecule has 0 spiro atoms. The number of hydrazone groups is 1. The Morgan fingerprint density at radius 2 is 2.17 bits per heavy atom. The average molecular weight is 333 g/mol. The van der Waals surface area contributed by atoms with Crippen LogP contribution in [0.4, 0.5) is 5.13 Å². The number of benzene rings is 1. The molecule has 0 saturated carbocycles. The molecule has 2 aromatic rings. The van der Waals surface area contributed by atoms with Gasteiger partial charge in [0.15, 0.2) is 0 Å². The molecule has 0 amide bonds. The highest BCUT2D eigenvalue weighted by Gasteiger charge is 2.18. The van der Waals surface area contributed by atoms with Crippen molar-refractivity contribution in [2.45, 2.75) is 33.3 Å². The summed E-state index contributed by atoms with van der Waals surface area (Å²) < 4.78 is 5.31. The average Bonchev–Trinajstić information content (AvgIpc) is 2.84. The molecule has 23 heavy (non-hydrogen) atoms. The Morgan fingerprint density at radius 3 is 2.78 bits per heavy atom. The molecule has 2 N–H and O–H groups in total. The second-order valence-corrected chi connectivity index (χ2v) is 6.80. The molecule has 0 unspecified atom stereocenters. The molecule has 0 atom stereocenters. The largest absolute Gasteiger partial charge is 0.507 e. The van der Waals surface area contributed by atoms with E-state index in [1.807, 2.05) is 12.3 Å². The predicted octanol–water partition coefficient (Wildman–Crippen LogP) is 3.56. The summed E-state index contributed by atoms with van der Waals surface area (Å²) in [4.78, 5) is 16.3. The van der Waals surface area contributed by atoms with Crippen LogP contribution >= 0.6 is 11.3 Å². The van der Waals surface area contributed by atoms with Crippen molar-refractivity contribution < 1.29 is 14.6 Å². The number of hydrogen-bond acceptors (Lipinski definition) is 7. The van der Waals surface area contributed by atoms with Crippen molar-refractivity contribution in [3.8, 4) is 5.75 Å². The Hall–Kier alpha value is -2.41. The molecule has 122 valence electrons. The van der Waals surface area contributed by atoms with E-state index in [9.17, 15) is 9.90 Å². The van der Waals surface area contributed by atoms with Gasteiger partial charge in [0, 0.05) is 10.9 Å². The van der Waals surface area contributed by atoms with Crippen molar-refractivity contribution >= 4 is 28.7 Å². The maximum atomic E-state index is 12.0. The monoisotopic (exact) mass is 333 g/mol. The smallest absolute Gasteiger partial charge is 0.338 e. The predicted molar refractivity (Wildman–Crippen MR) is 91.3 cm³/mol. The van der Waals surface area contributed by atoms with Crippen LogP contribution in [0.3, 0.4) is 0 Å². The highest BCUT2D eigenvalue weighted by molar-refractivity contribution is 7.13. The van der Waals surface area contributed by atoms with E-state index in [4.69, 9.17) is 4.74 Å². The van der Waals surface area contributed by atoms with Gasteiger partial charge in [-0.15, -0.1) is 11.3 Å². The van der Waals surface area contributed by atoms with E-state index in [0.29, 0.717) is 16.3 Å². The number of phenolic OH excluding ortho intramolecular Hbond substituents is 1. The number of ether oxygens (including phenoxy) is 1. The summed E-state index contributed by atoms with van der Waals surface area (Å²) in [6.07, 6.45) is 1.43. The van der Waals surface area contributed by atoms with Gasteiger partial charge in [-0.3, -0.25) is 5.43 Å². The number of nitrogens with one attached hydrogen (secondary N) is 1. The van der Waals surface area contributed by atoms with E-state index in [0.717, 1.165) is 5.69 Å². The standard InChI is InChI=1S/C16H19N3O3S/c1-10-9-23-15(18-10)19-17-8-12-7-11(5-6-13(12)20)14(21)22-16(2,3)4/h5-9,20H,1-4H3,(H,18,19). The maximum absolute atomic E-state index is 12.0. The highest BCUT2D eigenvalue weighted by atomic mass is 32.1. The minimum absolute atomic E-state index is 0.0261. The molecule has 1 aromatic heterocycles. The third kappa shape index (κ3) is 5.07. The summed E-state index contributed by atoms with van der Waals surface area (Å²) in [5.74, 6) is -0.422. The first kappa shape index (κ1) is 17.0. The Kier molecular flexibility index (Phi) is 5.00. The highest BCUT2D eigenvalue weighted by Crippen LogP contribution is 2.20. The van der Waals surface area contributed by atoms with E-state index in [-0.39, 0.29) is 5.75 Å². The van der Waals surface area contributed by atoms with Gasteiger partial charge in [0.05, 0.1) is 17.5 Å². The molecule has 0 aliphatic heterocycles. The fourth-order valence-corrected chi connectivity index (χ4v) is 2.32. The number of hydrogen-bond donors (Lipinski definition) is 2. The summed E-state index contributed by atoms with van der Waals surface area (Å²) in [6.45, 7) is 7.29. The number of phenols is 1. The Bertz CT molecular complexity index is 732. The summed E-state index contributed by atoms with van der Waals surface area (Å²) in [5.41, 5.74) is 3.87. The van der Waals surface area contributed by atoms with Gasteiger partial charge >= 0.3 is 5.97 Å². The second kappa shape index (κ2) is 6.78. The lowest BCUT2D eigenvalue weighted by Gasteiger charge is -2.19. The zero-order valence-corrected chi connectivity index (χ0v) is 14.3. The molecule has 1 heterocycles. The van der Waals surface area contributed by atoms with Crippen LogP contribution in [0, 0.1) is 6.92 Å². The number of esters is 1. The van der Waals surface area contributed by atoms with Crippen molar-refractivity contribution in [3.63, 3.8) is 0 Å². The molecule has 6 nitrogen and oxygen atoms in total. The number of aromatic hydroxyl groups is 1. The van der Waals surface area contributed by atoms with Gasteiger partial charge in [-0.2, -0.15) is 5.10 Å². The fourth-order valence-electron chi connectivity index (χ4n) is 1.68. The molecular formula is C16H19N3O3S. The zero-order valence-electron chi connectivity index (χ0n) is 13.5. The van der Waals surface area contributed by atoms with Gasteiger partial charge in [0.1, 0.15) is 11.4 Å². The number of carbonyl (C=O) groups is 1. The van der Waals surface area contributed by atoms with Crippen LogP contribution in [0.1, 0.15) is 42.4 Å². The number of aromatic nitrogens is 1. The minimum Gasteiger partial charge on any atom is -0.507 e. The lowest BCUT2D eigenvalue weighted by molar-refractivity contribution is 0.00695. The number of carbonyl (C=O) groups excluding carboxylic acids is 1. The van der Waals surface area contributed by atoms with Gasteiger partial charge in [-0.25, -0.2) is 9.78 Å². The molecule has 7 heteroatoms. The maximum Gasteiger partial charge on any atom is 0.338 e. The first-order chi connectivity index (χ1) is 10.7. The van der Waals surface area contributed by atoms with Crippen molar-refractivity contribution in [3.05, 3.63) is 40.4 Å². The van der Waals surface area contributed by atoms with Crippen molar-refractivity contribution in [2.75, 3.05) is 5.43 Å². The summed E-state index contributed by atoms with van der Waals surface area (Å²) in [7, 11) is 0. The second-order valence-electron chi connectivity index (χ2n) is 5.94. The number of rotatable bonds is 4. The number of anilines is 1. The first-order valence-electron chi connectivity index (χ1n) is 7.02. The molecule has 0 aliphatic carbocycles. The molecule has 0 bridgehead atoms.